The van der Waals surface area contributed by atoms with E-state index < -0.39 is 0 Å². The van der Waals surface area contributed by atoms with Crippen molar-refractivity contribution in [1.29, 1.82) is 0 Å². The van der Waals surface area contributed by atoms with Crippen LogP contribution < -0.4 is 0 Å². The lowest BCUT2D eigenvalue weighted by atomic mass is 10.1. The van der Waals surface area contributed by atoms with E-state index >= 15 is 0 Å². The van der Waals surface area contributed by atoms with Gasteiger partial charge in [-0.25, -0.2) is 0 Å². The van der Waals surface area contributed by atoms with E-state index in [-0.39, 0.29) is 23.4 Å². The smallest absolute Gasteiger partial charge is 0.254 e. The third kappa shape index (κ3) is 3.12. The molecule has 1 aromatic rings. The Balaban J connectivity index is 2.95. The Hall–Kier alpha value is -1.71. The zero-order valence-electron chi connectivity index (χ0n) is 10.5. The van der Waals surface area contributed by atoms with E-state index in [9.17, 15) is 15.0 Å². The average Bonchev–Trinajstić information content (AvgIpc) is 2.28. The van der Waals surface area contributed by atoms with Crippen molar-refractivity contribution < 1.29 is 15.0 Å². The van der Waals surface area contributed by atoms with Gasteiger partial charge in [-0.2, -0.15) is 0 Å². The number of nitrogens with zero attached hydrogens (tertiary/aromatic N) is 1. The van der Waals surface area contributed by atoms with Crippen molar-refractivity contribution in [2.24, 2.45) is 0 Å². The van der Waals surface area contributed by atoms with Gasteiger partial charge in [0, 0.05) is 24.7 Å². The number of hydrogen-bond donors (Lipinski definition) is 2. The highest BCUT2D eigenvalue weighted by Gasteiger charge is 2.19. The lowest BCUT2D eigenvalue weighted by molar-refractivity contribution is 0.0723. The second-order valence-corrected chi connectivity index (χ2v) is 4.12. The van der Waals surface area contributed by atoms with Gasteiger partial charge in [0.25, 0.3) is 5.91 Å². The van der Waals surface area contributed by atoms with E-state index in [1.807, 2.05) is 13.8 Å². The first-order valence-corrected chi connectivity index (χ1v) is 5.79. The van der Waals surface area contributed by atoms with Crippen LogP contribution in [-0.4, -0.2) is 34.1 Å². The highest BCUT2D eigenvalue weighted by atomic mass is 16.3. The molecule has 0 fully saturated rings. The van der Waals surface area contributed by atoms with Gasteiger partial charge in [0.05, 0.1) is 0 Å². The Morgan fingerprint density at radius 1 is 1.18 bits per heavy atom. The molecule has 0 atom stereocenters. The van der Waals surface area contributed by atoms with Gasteiger partial charge in [0.1, 0.15) is 11.5 Å². The van der Waals surface area contributed by atoms with Crippen molar-refractivity contribution in [1.82, 2.24) is 4.90 Å². The molecule has 0 spiro atoms. The van der Waals surface area contributed by atoms with Gasteiger partial charge in [0.2, 0.25) is 0 Å². The zero-order valence-corrected chi connectivity index (χ0v) is 10.5. The maximum Gasteiger partial charge on any atom is 0.254 e. The Kier molecular flexibility index (Phi) is 4.37. The van der Waals surface area contributed by atoms with Gasteiger partial charge in [-0.3, -0.25) is 4.79 Å². The third-order valence-electron chi connectivity index (χ3n) is 2.96. The molecule has 1 amide bonds. The van der Waals surface area contributed by atoms with E-state index in [0.717, 1.165) is 12.8 Å². The molecule has 0 heterocycles. The summed E-state index contributed by atoms with van der Waals surface area (Å²) in [7, 11) is 1.74. The molecule has 0 bridgehead atoms. The number of carbonyl (C=O) groups excluding carboxylic acids is 1. The Morgan fingerprint density at radius 2 is 1.65 bits per heavy atom. The maximum atomic E-state index is 12.1. The minimum Gasteiger partial charge on any atom is -0.508 e. The molecule has 4 nitrogen and oxygen atoms in total. The van der Waals surface area contributed by atoms with Crippen molar-refractivity contribution in [2.75, 3.05) is 7.05 Å². The number of amides is 1. The monoisotopic (exact) mass is 237 g/mol. The van der Waals surface area contributed by atoms with E-state index in [1.165, 1.54) is 18.2 Å². The van der Waals surface area contributed by atoms with Gasteiger partial charge in [-0.05, 0) is 25.0 Å². The van der Waals surface area contributed by atoms with E-state index in [2.05, 4.69) is 0 Å². The lowest BCUT2D eigenvalue weighted by Gasteiger charge is -2.26. The van der Waals surface area contributed by atoms with Crippen molar-refractivity contribution in [2.45, 2.75) is 32.7 Å². The van der Waals surface area contributed by atoms with Crippen molar-refractivity contribution >= 4 is 5.91 Å². The summed E-state index contributed by atoms with van der Waals surface area (Å²) in [6.07, 6.45) is 1.76. The van der Waals surface area contributed by atoms with Crippen LogP contribution in [0, 0.1) is 0 Å². The quantitative estimate of drug-likeness (QED) is 0.845. The molecule has 0 aliphatic rings. The summed E-state index contributed by atoms with van der Waals surface area (Å²) < 4.78 is 0. The molecule has 0 aliphatic carbocycles. The third-order valence-corrected chi connectivity index (χ3v) is 2.96. The first-order chi connectivity index (χ1) is 7.99. The summed E-state index contributed by atoms with van der Waals surface area (Å²) in [6, 6.07) is 4.10. The van der Waals surface area contributed by atoms with E-state index in [1.54, 1.807) is 11.9 Å². The van der Waals surface area contributed by atoms with Crippen LogP contribution in [0.3, 0.4) is 0 Å². The van der Waals surface area contributed by atoms with E-state index in [4.69, 9.17) is 0 Å². The minimum absolute atomic E-state index is 0.105. The lowest BCUT2D eigenvalue weighted by Crippen LogP contribution is -2.36. The SMILES string of the molecule is CCC(CC)N(C)C(=O)c1cc(O)cc(O)c1. The predicted octanol–water partition coefficient (Wildman–Crippen LogP) is 2.36. The molecular formula is C13H19NO3. The normalized spacial score (nSPS) is 10.6. The number of phenols is 2. The zero-order chi connectivity index (χ0) is 13.0. The Bertz CT molecular complexity index is 379. The van der Waals surface area contributed by atoms with Crippen LogP contribution in [0.5, 0.6) is 11.5 Å². The molecule has 2 N–H and O–H groups in total. The van der Waals surface area contributed by atoms with Crippen LogP contribution in [0.25, 0.3) is 0 Å². The van der Waals surface area contributed by atoms with Crippen molar-refractivity contribution in [3.63, 3.8) is 0 Å². The highest BCUT2D eigenvalue weighted by molar-refractivity contribution is 5.95. The predicted molar refractivity (Wildman–Crippen MR) is 66.2 cm³/mol. The maximum absolute atomic E-state index is 12.1. The van der Waals surface area contributed by atoms with Crippen molar-refractivity contribution in [3.8, 4) is 11.5 Å². The summed E-state index contributed by atoms with van der Waals surface area (Å²) in [5.41, 5.74) is 0.303. The Labute approximate surface area is 101 Å². The van der Waals surface area contributed by atoms with Crippen LogP contribution in [0.15, 0.2) is 18.2 Å². The van der Waals surface area contributed by atoms with Crippen molar-refractivity contribution in [3.05, 3.63) is 23.8 Å². The number of phenolic OH excluding ortho intramolecular Hbond substituents is 2. The summed E-state index contributed by atoms with van der Waals surface area (Å²) in [6.45, 7) is 4.05. The summed E-state index contributed by atoms with van der Waals surface area (Å²) in [5, 5.41) is 18.7. The molecule has 0 saturated carbocycles. The molecule has 1 aromatic carbocycles. The second-order valence-electron chi connectivity index (χ2n) is 4.12. The fraction of sp³-hybridized carbons (Fsp3) is 0.462. The van der Waals surface area contributed by atoms with Crippen LogP contribution in [0.2, 0.25) is 0 Å². The number of hydrogen-bond acceptors (Lipinski definition) is 3. The van der Waals surface area contributed by atoms with Crippen LogP contribution in [0.1, 0.15) is 37.0 Å². The number of carbonyl (C=O) groups is 1. The second kappa shape index (κ2) is 5.57. The fourth-order valence-electron chi connectivity index (χ4n) is 1.92. The molecule has 94 valence electrons. The molecule has 0 aliphatic heterocycles. The molecular weight excluding hydrogens is 218 g/mol. The van der Waals surface area contributed by atoms with E-state index in [0.29, 0.717) is 5.56 Å². The first-order valence-electron chi connectivity index (χ1n) is 5.79. The number of benzene rings is 1. The Morgan fingerprint density at radius 3 is 2.06 bits per heavy atom. The van der Waals surface area contributed by atoms with Gasteiger partial charge >= 0.3 is 0 Å². The summed E-state index contributed by atoms with van der Waals surface area (Å²) in [4.78, 5) is 13.8. The van der Waals surface area contributed by atoms with Crippen LogP contribution >= 0.6 is 0 Å². The first kappa shape index (κ1) is 13.4. The fourth-order valence-corrected chi connectivity index (χ4v) is 1.92. The van der Waals surface area contributed by atoms with Gasteiger partial charge < -0.3 is 15.1 Å². The molecule has 0 unspecified atom stereocenters. The average molecular weight is 237 g/mol. The summed E-state index contributed by atoms with van der Waals surface area (Å²) in [5.74, 6) is -0.400. The van der Waals surface area contributed by atoms with Gasteiger partial charge in [-0.15, -0.1) is 0 Å². The van der Waals surface area contributed by atoms with Crippen LogP contribution in [-0.2, 0) is 0 Å². The highest BCUT2D eigenvalue weighted by Crippen LogP contribution is 2.22. The summed E-state index contributed by atoms with van der Waals surface area (Å²) >= 11 is 0. The molecule has 0 aromatic heterocycles. The molecule has 0 radical (unpaired) electrons. The number of rotatable bonds is 4. The largest absolute Gasteiger partial charge is 0.508 e. The van der Waals surface area contributed by atoms with Gasteiger partial charge in [0.15, 0.2) is 0 Å². The molecule has 17 heavy (non-hydrogen) atoms. The molecule has 1 rings (SSSR count). The number of aromatic hydroxyl groups is 2. The molecule has 0 saturated heterocycles. The van der Waals surface area contributed by atoms with Gasteiger partial charge in [-0.1, -0.05) is 13.8 Å². The minimum atomic E-state index is -0.190. The standard InChI is InChI=1S/C13H19NO3/c1-4-10(5-2)14(3)13(17)9-6-11(15)8-12(16)7-9/h6-8,10,15-16H,4-5H2,1-3H3. The topological polar surface area (TPSA) is 60.8 Å². The molecule has 4 heteroatoms. The van der Waals surface area contributed by atoms with Crippen LogP contribution in [0.4, 0.5) is 0 Å².